The molecule has 0 unspecified atom stereocenters. The Morgan fingerprint density at radius 3 is 1.12 bits per heavy atom. The molecule has 0 fully saturated rings. The second-order valence-electron chi connectivity index (χ2n) is 10.1. The lowest BCUT2D eigenvalue weighted by Crippen LogP contribution is -2.29. The summed E-state index contributed by atoms with van der Waals surface area (Å²) in [4.78, 5) is 24.9. The van der Waals surface area contributed by atoms with Crippen molar-refractivity contribution in [1.29, 1.82) is 0 Å². The molecule has 5 aromatic rings. The van der Waals surface area contributed by atoms with Crippen molar-refractivity contribution in [3.05, 3.63) is 132 Å². The first-order valence-electron chi connectivity index (χ1n) is 14.4. The summed E-state index contributed by atoms with van der Waals surface area (Å²) < 4.78 is 0. The number of phenols is 2. The summed E-state index contributed by atoms with van der Waals surface area (Å²) in [6.07, 6.45) is 0. The highest BCUT2D eigenvalue weighted by Crippen LogP contribution is 2.24. The minimum absolute atomic E-state index is 0.0895. The average Bonchev–Trinajstić information content (AvgIpc) is 3.08. The summed E-state index contributed by atoms with van der Waals surface area (Å²) in [5.74, 6) is -1.44. The molecular weight excluding hydrogens is 649 g/mol. The molecule has 0 saturated heterocycles. The summed E-state index contributed by atoms with van der Waals surface area (Å²) in [5, 5.41) is 33.4. The van der Waals surface area contributed by atoms with Gasteiger partial charge in [0.1, 0.15) is 11.5 Å². The maximum Gasteiger partial charge on any atom is 0.273 e. The van der Waals surface area contributed by atoms with E-state index in [1.165, 1.54) is 24.3 Å². The van der Waals surface area contributed by atoms with E-state index >= 15 is 0 Å². The Labute approximate surface area is 286 Å². The lowest BCUT2D eigenvalue weighted by molar-refractivity contribution is 0.0951. The molecule has 5 rings (SSSR count). The summed E-state index contributed by atoms with van der Waals surface area (Å²) in [6.45, 7) is 0. The highest BCUT2D eigenvalue weighted by atomic mass is 32.1. The van der Waals surface area contributed by atoms with Crippen LogP contribution in [-0.4, -0.2) is 32.3 Å². The van der Waals surface area contributed by atoms with Crippen molar-refractivity contribution in [1.82, 2.24) is 10.9 Å². The third-order valence-corrected chi connectivity index (χ3v) is 7.00. The molecule has 0 heterocycles. The van der Waals surface area contributed by atoms with Gasteiger partial charge in [0.05, 0.1) is 22.5 Å². The van der Waals surface area contributed by atoms with Crippen LogP contribution in [-0.2, 0) is 0 Å². The number of hydrazine groups is 2. The molecule has 2 amide bonds. The molecule has 0 aliphatic heterocycles. The SMILES string of the molecule is O=C(NNc1ccccc1)c1ccc(NC(=S)Nc2ccc(NC(=S)Nc3ccc(C(=O)NNc4ccccc4)c(O)c3)cc2)cc1O. The molecule has 0 bridgehead atoms. The van der Waals surface area contributed by atoms with Gasteiger partial charge in [0, 0.05) is 34.9 Å². The minimum Gasteiger partial charge on any atom is -0.507 e. The molecule has 0 aliphatic rings. The maximum atomic E-state index is 12.5. The Hall–Kier alpha value is -6.38. The topological polar surface area (TPSA) is 171 Å². The number of carbonyl (C=O) groups excluding carboxylic acids is 2. The van der Waals surface area contributed by atoms with Crippen LogP contribution in [0.25, 0.3) is 0 Å². The van der Waals surface area contributed by atoms with Crippen LogP contribution < -0.4 is 43.0 Å². The van der Waals surface area contributed by atoms with Crippen molar-refractivity contribution in [2.24, 2.45) is 0 Å². The second kappa shape index (κ2) is 15.8. The molecule has 14 heteroatoms. The smallest absolute Gasteiger partial charge is 0.273 e. The van der Waals surface area contributed by atoms with E-state index in [1.54, 1.807) is 60.7 Å². The summed E-state index contributed by atoms with van der Waals surface area (Å²) in [7, 11) is 0. The molecule has 0 radical (unpaired) electrons. The number of nitrogens with one attached hydrogen (secondary N) is 8. The van der Waals surface area contributed by atoms with Gasteiger partial charge in [0.15, 0.2) is 10.2 Å². The van der Waals surface area contributed by atoms with Gasteiger partial charge in [-0.2, -0.15) is 0 Å². The van der Waals surface area contributed by atoms with Gasteiger partial charge >= 0.3 is 0 Å². The lowest BCUT2D eigenvalue weighted by atomic mass is 10.1. The van der Waals surface area contributed by atoms with Crippen LogP contribution >= 0.6 is 24.4 Å². The maximum absolute atomic E-state index is 12.5. The predicted molar refractivity (Wildman–Crippen MR) is 197 cm³/mol. The number of para-hydroxylation sites is 2. The zero-order valence-corrected chi connectivity index (χ0v) is 26.7. The van der Waals surface area contributed by atoms with E-state index < -0.39 is 11.8 Å². The zero-order valence-electron chi connectivity index (χ0n) is 25.1. The molecule has 0 spiro atoms. The number of rotatable bonds is 10. The number of aromatic hydroxyl groups is 2. The summed E-state index contributed by atoms with van der Waals surface area (Å²) >= 11 is 10.8. The van der Waals surface area contributed by atoms with Crippen molar-refractivity contribution in [3.63, 3.8) is 0 Å². The molecule has 242 valence electrons. The molecule has 0 saturated carbocycles. The predicted octanol–water partition coefficient (Wildman–Crippen LogP) is 6.23. The van der Waals surface area contributed by atoms with Crippen LogP contribution in [0.3, 0.4) is 0 Å². The van der Waals surface area contributed by atoms with Gasteiger partial charge in [0.2, 0.25) is 0 Å². The standard InChI is InChI=1S/C34H30N8O4S2/c43-29-19-25(15-17-27(29)31(45)41-39-23-7-3-1-4-8-23)37-33(47)35-21-11-13-22(14-12-21)36-34(48)38-26-16-18-28(30(44)20-26)32(46)42-40-24-9-5-2-6-10-24/h1-20,39-40,43-44H,(H,41,45)(H,42,46)(H2,35,37,47)(H2,36,38,48). The van der Waals surface area contributed by atoms with Crippen LogP contribution in [0.1, 0.15) is 20.7 Å². The Kier molecular flexibility index (Phi) is 10.8. The Balaban J connectivity index is 1.07. The van der Waals surface area contributed by atoms with Crippen molar-refractivity contribution in [2.45, 2.75) is 0 Å². The van der Waals surface area contributed by atoms with E-state index in [-0.39, 0.29) is 32.9 Å². The number of hydrogen-bond donors (Lipinski definition) is 10. The fourth-order valence-electron chi connectivity index (χ4n) is 4.26. The fourth-order valence-corrected chi connectivity index (χ4v) is 4.73. The third-order valence-electron chi connectivity index (χ3n) is 6.59. The largest absolute Gasteiger partial charge is 0.507 e. The molecule has 0 aliphatic carbocycles. The first-order chi connectivity index (χ1) is 23.2. The van der Waals surface area contributed by atoms with Crippen LogP contribution in [0.5, 0.6) is 11.5 Å². The Bertz CT molecular complexity index is 1790. The van der Waals surface area contributed by atoms with Crippen molar-refractivity contribution < 1.29 is 19.8 Å². The first kappa shape index (κ1) is 33.0. The highest BCUT2D eigenvalue weighted by Gasteiger charge is 2.14. The minimum atomic E-state index is -0.500. The van der Waals surface area contributed by atoms with Crippen LogP contribution in [0.15, 0.2) is 121 Å². The first-order valence-corrected chi connectivity index (χ1v) is 15.2. The fraction of sp³-hybridized carbons (Fsp3) is 0. The van der Waals surface area contributed by atoms with Crippen molar-refractivity contribution in [3.8, 4) is 11.5 Å². The number of phenolic OH excluding ortho intramolecular Hbond substituents is 2. The van der Waals surface area contributed by atoms with Crippen LogP contribution in [0, 0.1) is 0 Å². The van der Waals surface area contributed by atoms with Crippen molar-refractivity contribution in [2.75, 3.05) is 32.1 Å². The molecule has 5 aromatic carbocycles. The lowest BCUT2D eigenvalue weighted by Gasteiger charge is -2.14. The highest BCUT2D eigenvalue weighted by molar-refractivity contribution is 7.81. The van der Waals surface area contributed by atoms with Gasteiger partial charge < -0.3 is 31.5 Å². The van der Waals surface area contributed by atoms with E-state index in [4.69, 9.17) is 24.4 Å². The number of anilines is 6. The van der Waals surface area contributed by atoms with Gasteiger partial charge in [-0.3, -0.25) is 31.3 Å². The molecular formula is C34H30N8O4S2. The number of benzene rings is 5. The van der Waals surface area contributed by atoms with E-state index in [0.29, 0.717) is 34.1 Å². The third kappa shape index (κ3) is 9.32. The quantitative estimate of drug-likeness (QED) is 0.0598. The molecule has 10 N–H and O–H groups in total. The Morgan fingerprint density at radius 2 is 0.771 bits per heavy atom. The van der Waals surface area contributed by atoms with Gasteiger partial charge in [-0.1, -0.05) is 36.4 Å². The van der Waals surface area contributed by atoms with Gasteiger partial charge in [-0.15, -0.1) is 0 Å². The Morgan fingerprint density at radius 1 is 0.438 bits per heavy atom. The van der Waals surface area contributed by atoms with E-state index in [9.17, 15) is 19.8 Å². The number of amides is 2. The average molecular weight is 679 g/mol. The number of hydrogen-bond acceptors (Lipinski definition) is 8. The second-order valence-corrected chi connectivity index (χ2v) is 10.9. The molecule has 12 nitrogen and oxygen atoms in total. The van der Waals surface area contributed by atoms with Gasteiger partial charge in [-0.05, 0) is 97.2 Å². The van der Waals surface area contributed by atoms with Gasteiger partial charge in [0.25, 0.3) is 11.8 Å². The monoisotopic (exact) mass is 678 g/mol. The molecule has 0 atom stereocenters. The van der Waals surface area contributed by atoms with Crippen molar-refractivity contribution >= 4 is 80.6 Å². The molecule has 0 aromatic heterocycles. The number of thiocarbonyl (C=S) groups is 2. The van der Waals surface area contributed by atoms with Crippen LogP contribution in [0.4, 0.5) is 34.1 Å². The molecule has 48 heavy (non-hydrogen) atoms. The summed E-state index contributed by atoms with van der Waals surface area (Å²) in [5.41, 5.74) is 14.6. The van der Waals surface area contributed by atoms with Crippen LogP contribution in [0.2, 0.25) is 0 Å². The van der Waals surface area contributed by atoms with E-state index in [0.717, 1.165) is 0 Å². The van der Waals surface area contributed by atoms with E-state index in [1.807, 2.05) is 36.4 Å². The number of carbonyl (C=O) groups is 2. The zero-order chi connectivity index (χ0) is 33.9. The normalized spacial score (nSPS) is 10.2. The summed E-state index contributed by atoms with van der Waals surface area (Å²) in [6, 6.07) is 34.4. The van der Waals surface area contributed by atoms with E-state index in [2.05, 4.69) is 43.0 Å². The van der Waals surface area contributed by atoms with Gasteiger partial charge in [-0.25, -0.2) is 0 Å².